The molecular formula is C42H28N3+. The summed E-state index contributed by atoms with van der Waals surface area (Å²) < 4.78 is 0. The zero-order valence-electron chi connectivity index (χ0n) is 24.5. The minimum atomic E-state index is 0.0572. The fraction of sp³-hybridized carbons (Fsp3) is 0.0238. The summed E-state index contributed by atoms with van der Waals surface area (Å²) in [5.41, 5.74) is 12.1. The number of benzene rings is 7. The van der Waals surface area contributed by atoms with Crippen LogP contribution >= 0.6 is 0 Å². The smallest absolute Gasteiger partial charge is 0.197 e. The van der Waals surface area contributed by atoms with Gasteiger partial charge in [0, 0.05) is 34.5 Å². The highest BCUT2D eigenvalue weighted by molar-refractivity contribution is 6.25. The van der Waals surface area contributed by atoms with Gasteiger partial charge in [-0.1, -0.05) is 115 Å². The monoisotopic (exact) mass is 574 g/mol. The standard InChI is InChI=1S/C42H27N3/c1-2-14-31-29(12-1)30-13-3-4-15-32(30)37-25-27(21-22-33(31)37)26-10-7-11-28(24-26)42-44-38-19-8-17-35-34-18-9-23-43-40(34)36-16-5-6-20-39(36)45(42)41(35)38/h1-25,42,44H/p+1. The predicted octanol–water partition coefficient (Wildman–Crippen LogP) is 9.90. The normalized spacial score (nSPS) is 14.8. The van der Waals surface area contributed by atoms with Gasteiger partial charge in [0.25, 0.3) is 0 Å². The fourth-order valence-electron chi connectivity index (χ4n) is 7.79. The summed E-state index contributed by atoms with van der Waals surface area (Å²) in [6, 6.07) is 53.3. The van der Waals surface area contributed by atoms with Crippen LogP contribution in [0.2, 0.25) is 0 Å². The van der Waals surface area contributed by atoms with Gasteiger partial charge in [0.15, 0.2) is 11.9 Å². The zero-order chi connectivity index (χ0) is 29.5. The molecule has 0 radical (unpaired) electrons. The predicted molar refractivity (Wildman–Crippen MR) is 186 cm³/mol. The number of rotatable bonds is 2. The van der Waals surface area contributed by atoms with Crippen molar-refractivity contribution in [2.45, 2.75) is 6.17 Å². The van der Waals surface area contributed by atoms with Crippen molar-refractivity contribution in [3.05, 3.63) is 157 Å². The maximum absolute atomic E-state index is 4.89. The van der Waals surface area contributed by atoms with Crippen molar-refractivity contribution < 1.29 is 5.32 Å². The molecule has 0 spiro atoms. The van der Waals surface area contributed by atoms with Gasteiger partial charge in [-0.05, 0) is 67.7 Å². The number of fused-ring (bicyclic) bond motifs is 11. The van der Waals surface area contributed by atoms with Crippen molar-refractivity contribution in [3.8, 4) is 33.5 Å². The van der Waals surface area contributed by atoms with E-state index in [4.69, 9.17) is 4.98 Å². The molecule has 2 N–H and O–H groups in total. The van der Waals surface area contributed by atoms with Crippen molar-refractivity contribution in [1.82, 2.24) is 4.98 Å². The first-order valence-electron chi connectivity index (χ1n) is 15.6. The summed E-state index contributed by atoms with van der Waals surface area (Å²) in [7, 11) is 0. The molecule has 8 aromatic rings. The van der Waals surface area contributed by atoms with Gasteiger partial charge in [0.05, 0.1) is 11.4 Å². The average molecular weight is 575 g/mol. The number of anilines is 2. The van der Waals surface area contributed by atoms with E-state index in [1.807, 2.05) is 12.3 Å². The summed E-state index contributed by atoms with van der Waals surface area (Å²) in [4.78, 5) is 7.42. The molecule has 0 aliphatic carbocycles. The lowest BCUT2D eigenvalue weighted by atomic mass is 9.91. The number of para-hydroxylation sites is 2. The number of nitrogens with zero attached hydrogens (tertiary/aromatic N) is 2. The van der Waals surface area contributed by atoms with Crippen LogP contribution < -0.4 is 10.2 Å². The van der Waals surface area contributed by atoms with E-state index < -0.39 is 0 Å². The molecule has 45 heavy (non-hydrogen) atoms. The summed E-state index contributed by atoms with van der Waals surface area (Å²) in [6.45, 7) is 0. The molecule has 0 fully saturated rings. The van der Waals surface area contributed by atoms with Crippen molar-refractivity contribution in [3.63, 3.8) is 0 Å². The Kier molecular flexibility index (Phi) is 5.13. The van der Waals surface area contributed by atoms with Crippen molar-refractivity contribution >= 4 is 49.4 Å². The van der Waals surface area contributed by atoms with E-state index in [0.29, 0.717) is 0 Å². The molecule has 210 valence electrons. The highest BCUT2D eigenvalue weighted by Gasteiger charge is 2.41. The minimum absolute atomic E-state index is 0.0572. The molecule has 10 rings (SSSR count). The first-order valence-corrected chi connectivity index (χ1v) is 15.6. The van der Waals surface area contributed by atoms with E-state index >= 15 is 0 Å². The minimum Gasteiger partial charge on any atom is -0.288 e. The van der Waals surface area contributed by atoms with Crippen LogP contribution in [0.3, 0.4) is 0 Å². The molecule has 2 aliphatic heterocycles. The Labute approximate surface area is 261 Å². The van der Waals surface area contributed by atoms with Gasteiger partial charge in [0.2, 0.25) is 0 Å². The summed E-state index contributed by atoms with van der Waals surface area (Å²) >= 11 is 0. The molecular weight excluding hydrogens is 546 g/mol. The van der Waals surface area contributed by atoms with Crippen LogP contribution in [-0.4, -0.2) is 4.98 Å². The van der Waals surface area contributed by atoms with Gasteiger partial charge >= 0.3 is 0 Å². The number of pyridine rings is 1. The van der Waals surface area contributed by atoms with Crippen LogP contribution in [0.15, 0.2) is 152 Å². The molecule has 2 aliphatic rings. The van der Waals surface area contributed by atoms with Crippen LogP contribution in [0, 0.1) is 0 Å². The van der Waals surface area contributed by atoms with Gasteiger partial charge in [-0.2, -0.15) is 0 Å². The highest BCUT2D eigenvalue weighted by Crippen LogP contribution is 2.53. The number of hydrogen-bond donors (Lipinski definition) is 1. The third-order valence-corrected chi connectivity index (χ3v) is 9.75. The van der Waals surface area contributed by atoms with Gasteiger partial charge in [-0.25, -0.2) is 0 Å². The quantitative estimate of drug-likeness (QED) is 0.165. The zero-order valence-corrected chi connectivity index (χ0v) is 24.5. The third-order valence-electron chi connectivity index (χ3n) is 9.75. The Hall–Kier alpha value is -5.77. The lowest BCUT2D eigenvalue weighted by Gasteiger charge is -2.25. The molecule has 3 heteroatoms. The Morgan fingerprint density at radius 2 is 1.13 bits per heavy atom. The van der Waals surface area contributed by atoms with E-state index in [9.17, 15) is 0 Å². The van der Waals surface area contributed by atoms with Gasteiger partial charge < -0.3 is 0 Å². The van der Waals surface area contributed by atoms with Crippen molar-refractivity contribution in [1.29, 1.82) is 0 Å². The molecule has 3 heterocycles. The molecule has 1 atom stereocenters. The maximum atomic E-state index is 4.89. The van der Waals surface area contributed by atoms with Crippen LogP contribution in [0.1, 0.15) is 11.7 Å². The second-order valence-electron chi connectivity index (χ2n) is 12.1. The van der Waals surface area contributed by atoms with Crippen LogP contribution in [0.4, 0.5) is 17.1 Å². The van der Waals surface area contributed by atoms with Crippen molar-refractivity contribution in [2.75, 3.05) is 4.90 Å². The fourth-order valence-corrected chi connectivity index (χ4v) is 7.79. The Morgan fingerprint density at radius 1 is 0.489 bits per heavy atom. The Morgan fingerprint density at radius 3 is 1.96 bits per heavy atom. The highest BCUT2D eigenvalue weighted by atomic mass is 15.3. The lowest BCUT2D eigenvalue weighted by molar-refractivity contribution is -0.606. The van der Waals surface area contributed by atoms with Crippen LogP contribution in [0.25, 0.3) is 65.8 Å². The first-order chi connectivity index (χ1) is 22.3. The number of aromatic nitrogens is 1. The maximum Gasteiger partial charge on any atom is 0.197 e. The average Bonchev–Trinajstić information content (AvgIpc) is 3.46. The molecule has 0 amide bonds. The van der Waals surface area contributed by atoms with Gasteiger partial charge in [-0.3, -0.25) is 15.2 Å². The second kappa shape index (κ2) is 9.36. The second-order valence-corrected chi connectivity index (χ2v) is 12.1. The molecule has 0 saturated carbocycles. The van der Waals surface area contributed by atoms with Crippen LogP contribution in [-0.2, 0) is 0 Å². The molecule has 3 nitrogen and oxygen atoms in total. The number of nitrogens with two attached hydrogens (primary N) is 1. The van der Waals surface area contributed by atoms with E-state index in [2.05, 4.69) is 150 Å². The molecule has 1 unspecified atom stereocenters. The summed E-state index contributed by atoms with van der Waals surface area (Å²) in [6.07, 6.45) is 1.96. The summed E-state index contributed by atoms with van der Waals surface area (Å²) in [5.74, 6) is 0. The largest absolute Gasteiger partial charge is 0.288 e. The van der Waals surface area contributed by atoms with Gasteiger partial charge in [-0.15, -0.1) is 0 Å². The van der Waals surface area contributed by atoms with Crippen LogP contribution in [0.5, 0.6) is 0 Å². The molecule has 0 bridgehead atoms. The molecule has 7 aromatic carbocycles. The Balaban J connectivity index is 1.15. The number of quaternary nitrogens is 1. The Bertz CT molecular complexity index is 2460. The molecule has 1 aromatic heterocycles. The third kappa shape index (κ3) is 3.53. The van der Waals surface area contributed by atoms with E-state index in [1.54, 1.807) is 0 Å². The lowest BCUT2D eigenvalue weighted by Crippen LogP contribution is -2.79. The van der Waals surface area contributed by atoms with Crippen molar-refractivity contribution in [2.24, 2.45) is 0 Å². The topological polar surface area (TPSA) is 32.7 Å². The molecule has 0 saturated heterocycles. The van der Waals surface area contributed by atoms with E-state index in [1.165, 1.54) is 82.8 Å². The van der Waals surface area contributed by atoms with E-state index in [-0.39, 0.29) is 6.17 Å². The van der Waals surface area contributed by atoms with E-state index in [0.717, 1.165) is 5.69 Å². The summed E-state index contributed by atoms with van der Waals surface area (Å²) in [5, 5.41) is 10.2. The van der Waals surface area contributed by atoms with Gasteiger partial charge in [0.1, 0.15) is 5.69 Å². The SMILES string of the molecule is c1cc(-c2ccc3c4ccccc4c4ccccc4c3c2)cc(C2[NH2+]c3cccc4c3N2c2ccccc2-c2ncccc2-4)c1. The number of hydrogen-bond acceptors (Lipinski definition) is 2. The first kappa shape index (κ1) is 24.6.